The molecule has 19 heavy (non-hydrogen) atoms. The van der Waals surface area contributed by atoms with Crippen molar-refractivity contribution in [3.05, 3.63) is 0 Å². The highest BCUT2D eigenvalue weighted by Crippen LogP contribution is 2.39. The van der Waals surface area contributed by atoms with Gasteiger partial charge in [0.1, 0.15) is 11.6 Å². The lowest BCUT2D eigenvalue weighted by atomic mass is 9.89. The average Bonchev–Trinajstić information content (AvgIpc) is 3.04. The van der Waals surface area contributed by atoms with Crippen LogP contribution in [-0.4, -0.2) is 34.3 Å². The summed E-state index contributed by atoms with van der Waals surface area (Å²) in [5.41, 5.74) is -0.568. The molecule has 3 rings (SSSR count). The molecule has 106 valence electrons. The molecule has 1 saturated heterocycles. The number of hydrogen-bond acceptors (Lipinski definition) is 2. The van der Waals surface area contributed by atoms with Crippen LogP contribution in [0.25, 0.3) is 0 Å². The van der Waals surface area contributed by atoms with Gasteiger partial charge in [-0.2, -0.15) is 0 Å². The number of piperazine rings is 1. The summed E-state index contributed by atoms with van der Waals surface area (Å²) < 4.78 is 0. The Bertz CT molecular complexity index is 397. The highest BCUT2D eigenvalue weighted by atomic mass is 16.2. The Morgan fingerprint density at radius 1 is 1.32 bits per heavy atom. The van der Waals surface area contributed by atoms with Gasteiger partial charge < -0.3 is 10.2 Å². The average molecular weight is 264 g/mol. The van der Waals surface area contributed by atoms with E-state index in [1.807, 2.05) is 11.8 Å². The third kappa shape index (κ3) is 2.15. The molecule has 2 amide bonds. The van der Waals surface area contributed by atoms with Crippen molar-refractivity contribution in [1.82, 2.24) is 10.2 Å². The molecule has 3 aliphatic rings. The van der Waals surface area contributed by atoms with Crippen molar-refractivity contribution in [3.8, 4) is 0 Å². The number of amides is 2. The van der Waals surface area contributed by atoms with E-state index in [0.717, 1.165) is 38.0 Å². The van der Waals surface area contributed by atoms with Crippen molar-refractivity contribution in [3.63, 3.8) is 0 Å². The quantitative estimate of drug-likeness (QED) is 0.845. The summed E-state index contributed by atoms with van der Waals surface area (Å²) >= 11 is 0. The minimum Gasteiger partial charge on any atom is -0.340 e. The van der Waals surface area contributed by atoms with Gasteiger partial charge in [0.05, 0.1) is 0 Å². The summed E-state index contributed by atoms with van der Waals surface area (Å²) in [6, 6.07) is -0.119. The molecule has 0 radical (unpaired) electrons. The Hall–Kier alpha value is -1.06. The van der Waals surface area contributed by atoms with Crippen LogP contribution in [0.3, 0.4) is 0 Å². The molecule has 4 heteroatoms. The SMILES string of the molecule is CC(CC1CC1)N1C(=O)C2(CCCC2)NC(=O)C1C. The van der Waals surface area contributed by atoms with Crippen LogP contribution in [0.5, 0.6) is 0 Å². The largest absolute Gasteiger partial charge is 0.340 e. The van der Waals surface area contributed by atoms with E-state index in [1.54, 1.807) is 0 Å². The van der Waals surface area contributed by atoms with Crippen LogP contribution in [0, 0.1) is 5.92 Å². The van der Waals surface area contributed by atoms with E-state index in [4.69, 9.17) is 0 Å². The fourth-order valence-corrected chi connectivity index (χ4v) is 3.79. The van der Waals surface area contributed by atoms with E-state index in [0.29, 0.717) is 0 Å². The van der Waals surface area contributed by atoms with Gasteiger partial charge in [0.25, 0.3) is 0 Å². The van der Waals surface area contributed by atoms with Crippen molar-refractivity contribution in [2.45, 2.75) is 76.4 Å². The third-order valence-corrected chi connectivity index (χ3v) is 5.11. The van der Waals surface area contributed by atoms with E-state index in [-0.39, 0.29) is 23.9 Å². The van der Waals surface area contributed by atoms with Gasteiger partial charge in [-0.05, 0) is 39.0 Å². The molecule has 2 saturated carbocycles. The van der Waals surface area contributed by atoms with Crippen molar-refractivity contribution < 1.29 is 9.59 Å². The predicted octanol–water partition coefficient (Wildman–Crippen LogP) is 1.83. The molecule has 2 unspecified atom stereocenters. The Morgan fingerprint density at radius 3 is 2.53 bits per heavy atom. The van der Waals surface area contributed by atoms with Crippen molar-refractivity contribution >= 4 is 11.8 Å². The molecule has 1 aliphatic heterocycles. The molecule has 4 nitrogen and oxygen atoms in total. The molecule has 1 heterocycles. The Balaban J connectivity index is 1.82. The van der Waals surface area contributed by atoms with E-state index < -0.39 is 5.54 Å². The van der Waals surface area contributed by atoms with Crippen LogP contribution in [-0.2, 0) is 9.59 Å². The molecule has 0 aromatic heterocycles. The van der Waals surface area contributed by atoms with Gasteiger partial charge >= 0.3 is 0 Å². The Morgan fingerprint density at radius 2 is 1.95 bits per heavy atom. The Kier molecular flexibility index (Phi) is 3.06. The van der Waals surface area contributed by atoms with Crippen molar-refractivity contribution in [2.75, 3.05) is 0 Å². The molecule has 2 aliphatic carbocycles. The maximum atomic E-state index is 12.9. The van der Waals surface area contributed by atoms with Crippen molar-refractivity contribution in [2.24, 2.45) is 5.92 Å². The van der Waals surface area contributed by atoms with Gasteiger partial charge in [0, 0.05) is 6.04 Å². The highest BCUT2D eigenvalue weighted by Gasteiger charge is 2.52. The second-order valence-corrected chi connectivity index (χ2v) is 6.69. The van der Waals surface area contributed by atoms with E-state index in [9.17, 15) is 9.59 Å². The normalized spacial score (nSPS) is 31.7. The first kappa shape index (κ1) is 12.9. The molecule has 3 fully saturated rings. The van der Waals surface area contributed by atoms with E-state index in [2.05, 4.69) is 12.2 Å². The lowest BCUT2D eigenvalue weighted by Crippen LogP contribution is -2.70. The van der Waals surface area contributed by atoms with E-state index in [1.165, 1.54) is 12.8 Å². The monoisotopic (exact) mass is 264 g/mol. The van der Waals surface area contributed by atoms with Crippen LogP contribution in [0.1, 0.15) is 58.8 Å². The second kappa shape index (κ2) is 4.50. The molecule has 0 aromatic carbocycles. The van der Waals surface area contributed by atoms with Gasteiger partial charge in [0.15, 0.2) is 0 Å². The summed E-state index contributed by atoms with van der Waals surface area (Å²) in [5.74, 6) is 0.980. The van der Waals surface area contributed by atoms with Gasteiger partial charge in [0.2, 0.25) is 11.8 Å². The van der Waals surface area contributed by atoms with Gasteiger partial charge in [-0.1, -0.05) is 25.7 Å². The van der Waals surface area contributed by atoms with Crippen LogP contribution in [0.2, 0.25) is 0 Å². The number of nitrogens with zero attached hydrogens (tertiary/aromatic N) is 1. The van der Waals surface area contributed by atoms with Crippen molar-refractivity contribution in [1.29, 1.82) is 0 Å². The van der Waals surface area contributed by atoms with E-state index >= 15 is 0 Å². The fourth-order valence-electron chi connectivity index (χ4n) is 3.79. The van der Waals surface area contributed by atoms with Crippen LogP contribution >= 0.6 is 0 Å². The zero-order valence-corrected chi connectivity index (χ0v) is 11.9. The van der Waals surface area contributed by atoms with Gasteiger partial charge in [-0.25, -0.2) is 0 Å². The lowest BCUT2D eigenvalue weighted by Gasteiger charge is -2.46. The minimum absolute atomic E-state index is 0.0316. The number of hydrogen-bond donors (Lipinski definition) is 1. The molecular formula is C15H24N2O2. The predicted molar refractivity (Wildman–Crippen MR) is 72.5 cm³/mol. The van der Waals surface area contributed by atoms with Crippen LogP contribution in [0.4, 0.5) is 0 Å². The molecule has 0 aromatic rings. The summed E-state index contributed by atoms with van der Waals surface area (Å²) in [6.07, 6.45) is 7.36. The van der Waals surface area contributed by atoms with Crippen LogP contribution < -0.4 is 5.32 Å². The summed E-state index contributed by atoms with van der Waals surface area (Å²) in [6.45, 7) is 3.96. The first-order chi connectivity index (χ1) is 9.03. The second-order valence-electron chi connectivity index (χ2n) is 6.69. The van der Waals surface area contributed by atoms with Gasteiger partial charge in [-0.3, -0.25) is 9.59 Å². The first-order valence-corrected chi connectivity index (χ1v) is 7.68. The highest BCUT2D eigenvalue weighted by molar-refractivity contribution is 6.00. The number of carbonyl (C=O) groups is 2. The summed E-state index contributed by atoms with van der Waals surface area (Å²) in [5, 5.41) is 3.01. The number of carbonyl (C=O) groups excluding carboxylic acids is 2. The number of nitrogens with one attached hydrogen (secondary N) is 1. The minimum atomic E-state index is -0.568. The lowest BCUT2D eigenvalue weighted by molar-refractivity contribution is -0.156. The molecule has 2 atom stereocenters. The molecule has 1 spiro atoms. The first-order valence-electron chi connectivity index (χ1n) is 7.68. The molecule has 0 bridgehead atoms. The fraction of sp³-hybridized carbons (Fsp3) is 0.867. The maximum absolute atomic E-state index is 12.9. The standard InChI is InChI=1S/C15H24N2O2/c1-10(9-12-5-6-12)17-11(2)13(18)16-15(14(17)19)7-3-4-8-15/h10-12H,3-9H2,1-2H3,(H,16,18). The number of rotatable bonds is 3. The summed E-state index contributed by atoms with van der Waals surface area (Å²) in [4.78, 5) is 26.9. The Labute approximate surface area is 114 Å². The zero-order valence-electron chi connectivity index (χ0n) is 11.9. The molecular weight excluding hydrogens is 240 g/mol. The van der Waals surface area contributed by atoms with Gasteiger partial charge in [-0.15, -0.1) is 0 Å². The molecule has 1 N–H and O–H groups in total. The third-order valence-electron chi connectivity index (χ3n) is 5.11. The summed E-state index contributed by atoms with van der Waals surface area (Å²) in [7, 11) is 0. The maximum Gasteiger partial charge on any atom is 0.249 e. The van der Waals surface area contributed by atoms with Crippen LogP contribution in [0.15, 0.2) is 0 Å². The topological polar surface area (TPSA) is 49.4 Å². The smallest absolute Gasteiger partial charge is 0.249 e. The zero-order chi connectivity index (χ0) is 13.6.